The molecule has 3 rings (SSSR count). The van der Waals surface area contributed by atoms with E-state index in [4.69, 9.17) is 10.8 Å². The van der Waals surface area contributed by atoms with Gasteiger partial charge in [-0.1, -0.05) is 6.08 Å². The monoisotopic (exact) mass is 307 g/mol. The lowest BCUT2D eigenvalue weighted by atomic mass is 10.1. The highest BCUT2D eigenvalue weighted by Crippen LogP contribution is 2.37. The molecule has 0 spiro atoms. The van der Waals surface area contributed by atoms with Gasteiger partial charge >= 0.3 is 0 Å². The first kappa shape index (κ1) is 14.4. The molecule has 0 fully saturated rings. The van der Waals surface area contributed by atoms with Crippen LogP contribution in [0.4, 0.5) is 11.5 Å². The molecule has 10 nitrogen and oxygen atoms in total. The fourth-order valence-corrected chi connectivity index (χ4v) is 2.67. The third kappa shape index (κ3) is 1.93. The molecule has 0 amide bonds. The molecule has 0 bridgehead atoms. The molecule has 2 aromatic heterocycles. The number of nitrogens with zero attached hydrogens (tertiary/aromatic N) is 4. The maximum Gasteiger partial charge on any atom is 0.300 e. The molecule has 0 saturated heterocycles. The van der Waals surface area contributed by atoms with Crippen LogP contribution in [-0.4, -0.2) is 53.6 Å². The minimum Gasteiger partial charge on any atom is -0.392 e. The number of aliphatic hydroxyl groups is 3. The van der Waals surface area contributed by atoms with Crippen molar-refractivity contribution in [3.8, 4) is 0 Å². The van der Waals surface area contributed by atoms with Crippen LogP contribution in [0.15, 0.2) is 24.2 Å². The molecule has 10 heteroatoms. The van der Waals surface area contributed by atoms with Crippen molar-refractivity contribution in [3.05, 3.63) is 34.3 Å². The number of anilines is 1. The molecule has 5 N–H and O–H groups in total. The maximum atomic E-state index is 11.2. The van der Waals surface area contributed by atoms with E-state index in [1.54, 1.807) is 0 Å². The fraction of sp³-hybridized carbons (Fsp3) is 0.333. The Morgan fingerprint density at radius 3 is 2.73 bits per heavy atom. The van der Waals surface area contributed by atoms with Crippen molar-refractivity contribution in [2.45, 2.75) is 18.2 Å². The molecule has 2 heterocycles. The van der Waals surface area contributed by atoms with Gasteiger partial charge in [-0.2, -0.15) is 0 Å². The average molecular weight is 307 g/mol. The summed E-state index contributed by atoms with van der Waals surface area (Å²) in [7, 11) is 0. The summed E-state index contributed by atoms with van der Waals surface area (Å²) in [6.07, 6.45) is 1.30. The topological polar surface area (TPSA) is 161 Å². The minimum absolute atomic E-state index is 0.0464. The second kappa shape index (κ2) is 5.02. The number of hydrogen-bond acceptors (Lipinski definition) is 8. The van der Waals surface area contributed by atoms with Crippen LogP contribution < -0.4 is 5.73 Å². The second-order valence-corrected chi connectivity index (χ2v) is 4.96. The van der Waals surface area contributed by atoms with E-state index >= 15 is 0 Å². The van der Waals surface area contributed by atoms with E-state index in [1.165, 1.54) is 16.8 Å². The van der Waals surface area contributed by atoms with Gasteiger partial charge in [-0.05, 0) is 5.57 Å². The summed E-state index contributed by atoms with van der Waals surface area (Å²) < 4.78 is 1.35. The van der Waals surface area contributed by atoms with Gasteiger partial charge in [0.05, 0.1) is 23.8 Å². The molecule has 22 heavy (non-hydrogen) atoms. The Kier molecular flexibility index (Phi) is 3.28. The van der Waals surface area contributed by atoms with E-state index in [-0.39, 0.29) is 28.1 Å². The largest absolute Gasteiger partial charge is 0.392 e. The summed E-state index contributed by atoms with van der Waals surface area (Å²) in [5.41, 5.74) is 5.81. The molecule has 1 aliphatic rings. The molecular weight excluding hydrogens is 294 g/mol. The quantitative estimate of drug-likeness (QED) is 0.323. The first-order chi connectivity index (χ1) is 10.5. The van der Waals surface area contributed by atoms with Crippen molar-refractivity contribution >= 4 is 22.5 Å². The van der Waals surface area contributed by atoms with Crippen molar-refractivity contribution in [3.63, 3.8) is 0 Å². The number of fused-ring (bicyclic) bond motifs is 1. The lowest BCUT2D eigenvalue weighted by Crippen LogP contribution is -2.30. The molecule has 2 aromatic rings. The summed E-state index contributed by atoms with van der Waals surface area (Å²) >= 11 is 0. The number of aromatic nitrogens is 3. The minimum atomic E-state index is -1.26. The van der Waals surface area contributed by atoms with Crippen LogP contribution in [0.5, 0.6) is 0 Å². The summed E-state index contributed by atoms with van der Waals surface area (Å²) in [6, 6.07) is -0.803. The van der Waals surface area contributed by atoms with Gasteiger partial charge in [-0.15, -0.1) is 0 Å². The molecule has 0 aliphatic heterocycles. The lowest BCUT2D eigenvalue weighted by molar-refractivity contribution is -0.383. The van der Waals surface area contributed by atoms with E-state index < -0.39 is 29.8 Å². The molecule has 1 unspecified atom stereocenters. The highest BCUT2D eigenvalue weighted by atomic mass is 16.6. The maximum absolute atomic E-state index is 11.2. The Bertz CT molecular complexity index is 786. The Morgan fingerprint density at radius 1 is 1.41 bits per heavy atom. The van der Waals surface area contributed by atoms with Crippen LogP contribution in [-0.2, 0) is 0 Å². The van der Waals surface area contributed by atoms with Crippen molar-refractivity contribution in [1.82, 2.24) is 14.5 Å². The lowest BCUT2D eigenvalue weighted by Gasteiger charge is -2.18. The van der Waals surface area contributed by atoms with Crippen LogP contribution in [0.2, 0.25) is 0 Å². The van der Waals surface area contributed by atoms with Crippen LogP contribution >= 0.6 is 0 Å². The van der Waals surface area contributed by atoms with Gasteiger partial charge in [0.25, 0.3) is 5.69 Å². The predicted octanol–water partition coefficient (Wildman–Crippen LogP) is -0.883. The number of aliphatic hydroxyl groups excluding tert-OH is 3. The smallest absolute Gasteiger partial charge is 0.300 e. The third-order valence-corrected chi connectivity index (χ3v) is 3.76. The number of rotatable bonds is 3. The normalized spacial score (nSPS) is 24.7. The molecule has 3 atom stereocenters. The Hall–Kier alpha value is -2.56. The Labute approximate surface area is 123 Å². The van der Waals surface area contributed by atoms with E-state index in [0.717, 1.165) is 6.33 Å². The zero-order valence-corrected chi connectivity index (χ0v) is 11.2. The van der Waals surface area contributed by atoms with Gasteiger partial charge in [-0.3, -0.25) is 10.1 Å². The molecular formula is C12H13N5O5. The number of nitro groups is 1. The van der Waals surface area contributed by atoms with Gasteiger partial charge in [-0.25, -0.2) is 9.97 Å². The molecule has 0 radical (unpaired) electrons. The zero-order chi connectivity index (χ0) is 16.0. The molecule has 0 aromatic carbocycles. The number of nitrogens with two attached hydrogens (primary N) is 1. The Balaban J connectivity index is 2.23. The van der Waals surface area contributed by atoms with Gasteiger partial charge < -0.3 is 25.6 Å². The van der Waals surface area contributed by atoms with E-state index in [9.17, 15) is 20.3 Å². The first-order valence-corrected chi connectivity index (χ1v) is 6.38. The van der Waals surface area contributed by atoms with Crippen molar-refractivity contribution < 1.29 is 20.2 Å². The second-order valence-electron chi connectivity index (χ2n) is 4.96. The highest BCUT2D eigenvalue weighted by Gasteiger charge is 2.37. The first-order valence-electron chi connectivity index (χ1n) is 6.38. The van der Waals surface area contributed by atoms with Crippen molar-refractivity contribution in [2.75, 3.05) is 12.3 Å². The summed E-state index contributed by atoms with van der Waals surface area (Å²) in [6.45, 7) is -0.423. The van der Waals surface area contributed by atoms with Crippen LogP contribution in [0.3, 0.4) is 0 Å². The third-order valence-electron chi connectivity index (χ3n) is 3.76. The molecule has 0 saturated carbocycles. The van der Waals surface area contributed by atoms with Gasteiger partial charge in [0.2, 0.25) is 0 Å². The van der Waals surface area contributed by atoms with Crippen molar-refractivity contribution in [2.24, 2.45) is 0 Å². The van der Waals surface area contributed by atoms with E-state index in [1.807, 2.05) is 0 Å². The summed E-state index contributed by atoms with van der Waals surface area (Å²) in [4.78, 5) is 18.3. The average Bonchev–Trinajstić information content (AvgIpc) is 3.00. The van der Waals surface area contributed by atoms with Gasteiger partial charge in [0, 0.05) is 0 Å². The van der Waals surface area contributed by atoms with Crippen LogP contribution in [0, 0.1) is 10.1 Å². The molecule has 1 aliphatic carbocycles. The molecule has 116 valence electrons. The van der Waals surface area contributed by atoms with Gasteiger partial charge in [0.1, 0.15) is 29.7 Å². The van der Waals surface area contributed by atoms with E-state index in [0.29, 0.717) is 0 Å². The van der Waals surface area contributed by atoms with Crippen LogP contribution in [0.1, 0.15) is 6.04 Å². The van der Waals surface area contributed by atoms with Crippen LogP contribution in [0.25, 0.3) is 11.0 Å². The SMILES string of the molecule is Nc1ncnc2c1c([N+](=O)[O-])cn2[C@@H]1C=C(CO)C(O)[C@@H]1O. The van der Waals surface area contributed by atoms with E-state index in [2.05, 4.69) is 9.97 Å². The fourth-order valence-electron chi connectivity index (χ4n) is 2.67. The predicted molar refractivity (Wildman–Crippen MR) is 74.8 cm³/mol. The van der Waals surface area contributed by atoms with Crippen molar-refractivity contribution in [1.29, 1.82) is 0 Å². The number of nitrogen functional groups attached to an aromatic ring is 1. The summed E-state index contributed by atoms with van der Waals surface area (Å²) in [5.74, 6) is -0.0464. The Morgan fingerprint density at radius 2 is 2.14 bits per heavy atom. The standard InChI is InChI=1S/C12H13N5O5/c13-11-8-7(17(21)22)2-16(12(8)15-4-14-11)6-1-5(3-18)9(19)10(6)20/h1-2,4,6,9-10,18-20H,3H2,(H2,13,14,15)/t6-,9?,10-/m1/s1. The highest BCUT2D eigenvalue weighted by molar-refractivity contribution is 5.95. The summed E-state index contributed by atoms with van der Waals surface area (Å²) in [5, 5.41) is 40.4. The van der Waals surface area contributed by atoms with Gasteiger partial charge in [0.15, 0.2) is 5.65 Å². The zero-order valence-electron chi connectivity index (χ0n) is 11.2. The number of hydrogen-bond donors (Lipinski definition) is 4.